The average Bonchev–Trinajstić information content (AvgIpc) is 2.67. The first-order valence-electron chi connectivity index (χ1n) is 8.46. The van der Waals surface area contributed by atoms with E-state index in [0.29, 0.717) is 17.0 Å². The number of fused-ring (bicyclic) bond motifs is 1. The molecule has 0 aliphatic rings. The van der Waals surface area contributed by atoms with Crippen LogP contribution in [0.25, 0.3) is 10.8 Å². The van der Waals surface area contributed by atoms with Gasteiger partial charge in [-0.3, -0.25) is 4.79 Å². The molecule has 0 saturated heterocycles. The van der Waals surface area contributed by atoms with Crippen molar-refractivity contribution in [1.29, 1.82) is 0 Å². The van der Waals surface area contributed by atoms with Gasteiger partial charge in [0.25, 0.3) is 5.91 Å². The number of hydrogen-bond acceptors (Lipinski definition) is 5. The van der Waals surface area contributed by atoms with Gasteiger partial charge in [0, 0.05) is 5.56 Å². The van der Waals surface area contributed by atoms with Gasteiger partial charge in [0.15, 0.2) is 6.10 Å². The molecule has 0 spiro atoms. The Labute approximate surface area is 156 Å². The van der Waals surface area contributed by atoms with E-state index in [1.54, 1.807) is 13.8 Å². The summed E-state index contributed by atoms with van der Waals surface area (Å²) in [5, 5.41) is 25.4. The third kappa shape index (κ3) is 4.36. The highest BCUT2D eigenvalue weighted by molar-refractivity contribution is 6.02. The van der Waals surface area contributed by atoms with E-state index in [-0.39, 0.29) is 11.5 Å². The van der Waals surface area contributed by atoms with Crippen molar-refractivity contribution in [3.05, 3.63) is 66.2 Å². The predicted octanol–water partition coefficient (Wildman–Crippen LogP) is 3.56. The van der Waals surface area contributed by atoms with Crippen LogP contribution in [0, 0.1) is 0 Å². The third-order valence-electron chi connectivity index (χ3n) is 4.11. The standard InChI is InChI=1S/C21H20N2O4/c1-13(19-12-17(24)8-10-20(19)25)22-23-21(26)14(2)27-18-9-7-15-5-3-4-6-16(15)11-18/h3-12,14,24-25H,1-2H3,(H,23,26)/b22-13-. The van der Waals surface area contributed by atoms with E-state index in [4.69, 9.17) is 4.74 Å². The van der Waals surface area contributed by atoms with Crippen LogP contribution in [-0.4, -0.2) is 27.9 Å². The summed E-state index contributed by atoms with van der Waals surface area (Å²) in [7, 11) is 0. The van der Waals surface area contributed by atoms with Crippen LogP contribution < -0.4 is 10.2 Å². The largest absolute Gasteiger partial charge is 0.508 e. The fraction of sp³-hybridized carbons (Fsp3) is 0.143. The van der Waals surface area contributed by atoms with Crippen molar-refractivity contribution < 1.29 is 19.7 Å². The van der Waals surface area contributed by atoms with Gasteiger partial charge in [0.1, 0.15) is 17.2 Å². The monoisotopic (exact) mass is 364 g/mol. The Morgan fingerprint density at radius 3 is 2.56 bits per heavy atom. The molecule has 0 fully saturated rings. The number of ether oxygens (including phenoxy) is 1. The lowest BCUT2D eigenvalue weighted by atomic mass is 10.1. The minimum Gasteiger partial charge on any atom is -0.508 e. The highest BCUT2D eigenvalue weighted by Gasteiger charge is 2.15. The molecule has 0 radical (unpaired) electrons. The van der Waals surface area contributed by atoms with Gasteiger partial charge in [0.2, 0.25) is 0 Å². The summed E-state index contributed by atoms with van der Waals surface area (Å²) in [6.45, 7) is 3.24. The number of nitrogens with zero attached hydrogens (tertiary/aromatic N) is 1. The molecule has 27 heavy (non-hydrogen) atoms. The van der Waals surface area contributed by atoms with Gasteiger partial charge in [-0.1, -0.05) is 30.3 Å². The molecule has 3 N–H and O–H groups in total. The molecule has 0 bridgehead atoms. The van der Waals surface area contributed by atoms with Gasteiger partial charge in [0.05, 0.1) is 5.71 Å². The number of benzene rings is 3. The molecule has 0 aliphatic heterocycles. The number of amides is 1. The second-order valence-electron chi connectivity index (χ2n) is 6.14. The zero-order valence-electron chi connectivity index (χ0n) is 15.0. The molecule has 3 aromatic rings. The van der Waals surface area contributed by atoms with E-state index >= 15 is 0 Å². The fourth-order valence-electron chi connectivity index (χ4n) is 2.60. The summed E-state index contributed by atoms with van der Waals surface area (Å²) in [4.78, 5) is 12.2. The third-order valence-corrected chi connectivity index (χ3v) is 4.11. The first kappa shape index (κ1) is 18.3. The number of phenolic OH excluding ortho intramolecular Hbond substituents is 2. The minimum atomic E-state index is -0.763. The van der Waals surface area contributed by atoms with Crippen LogP contribution in [0.3, 0.4) is 0 Å². The number of phenols is 2. The number of hydrazone groups is 1. The summed E-state index contributed by atoms with van der Waals surface area (Å²) >= 11 is 0. The smallest absolute Gasteiger partial charge is 0.280 e. The van der Waals surface area contributed by atoms with E-state index in [2.05, 4.69) is 10.5 Å². The van der Waals surface area contributed by atoms with Crippen molar-refractivity contribution in [2.45, 2.75) is 20.0 Å². The van der Waals surface area contributed by atoms with E-state index < -0.39 is 12.0 Å². The van der Waals surface area contributed by atoms with Gasteiger partial charge >= 0.3 is 0 Å². The van der Waals surface area contributed by atoms with E-state index in [1.807, 2.05) is 42.5 Å². The summed E-state index contributed by atoms with van der Waals surface area (Å²) in [5.41, 5.74) is 3.10. The van der Waals surface area contributed by atoms with Crippen LogP contribution >= 0.6 is 0 Å². The van der Waals surface area contributed by atoms with E-state index in [0.717, 1.165) is 10.8 Å². The van der Waals surface area contributed by atoms with Gasteiger partial charge in [-0.15, -0.1) is 0 Å². The van der Waals surface area contributed by atoms with Crippen LogP contribution in [0.1, 0.15) is 19.4 Å². The van der Waals surface area contributed by atoms with Crippen molar-refractivity contribution in [2.24, 2.45) is 5.10 Å². The van der Waals surface area contributed by atoms with Crippen molar-refractivity contribution in [3.63, 3.8) is 0 Å². The molecule has 1 amide bonds. The molecule has 0 aromatic heterocycles. The zero-order valence-corrected chi connectivity index (χ0v) is 15.0. The molecule has 1 atom stereocenters. The Bertz CT molecular complexity index is 1010. The molecule has 3 aromatic carbocycles. The summed E-state index contributed by atoms with van der Waals surface area (Å²) < 4.78 is 5.69. The summed E-state index contributed by atoms with van der Waals surface area (Å²) in [5.74, 6) is 0.116. The maximum absolute atomic E-state index is 12.2. The highest BCUT2D eigenvalue weighted by Crippen LogP contribution is 2.23. The first-order valence-corrected chi connectivity index (χ1v) is 8.46. The second-order valence-corrected chi connectivity index (χ2v) is 6.14. The minimum absolute atomic E-state index is 0.00307. The Hall–Kier alpha value is -3.54. The SMILES string of the molecule is C/C(=N/NC(=O)C(C)Oc1ccc2ccccc2c1)c1cc(O)ccc1O. The quantitative estimate of drug-likeness (QED) is 0.367. The predicted molar refractivity (Wildman–Crippen MR) is 104 cm³/mol. The molecule has 1 unspecified atom stereocenters. The topological polar surface area (TPSA) is 91.2 Å². The number of carbonyl (C=O) groups is 1. The molecule has 3 rings (SSSR count). The van der Waals surface area contributed by atoms with E-state index in [1.165, 1.54) is 18.2 Å². The molecule has 138 valence electrons. The Kier molecular flexibility index (Phi) is 5.26. The van der Waals surface area contributed by atoms with Crippen LogP contribution in [0.15, 0.2) is 65.8 Å². The van der Waals surface area contributed by atoms with Crippen molar-refractivity contribution in [2.75, 3.05) is 0 Å². The summed E-state index contributed by atoms with van der Waals surface area (Å²) in [6.07, 6.45) is -0.763. The van der Waals surface area contributed by atoms with Crippen molar-refractivity contribution in [1.82, 2.24) is 5.43 Å². The lowest BCUT2D eigenvalue weighted by Gasteiger charge is -2.14. The maximum atomic E-state index is 12.2. The van der Waals surface area contributed by atoms with Crippen LogP contribution in [0.2, 0.25) is 0 Å². The summed E-state index contributed by atoms with van der Waals surface area (Å²) in [6, 6.07) is 17.6. The van der Waals surface area contributed by atoms with Gasteiger partial charge in [-0.25, -0.2) is 5.43 Å². The van der Waals surface area contributed by atoms with Gasteiger partial charge < -0.3 is 14.9 Å². The van der Waals surface area contributed by atoms with Gasteiger partial charge in [-0.2, -0.15) is 5.10 Å². The Balaban J connectivity index is 1.66. The highest BCUT2D eigenvalue weighted by atomic mass is 16.5. The first-order chi connectivity index (χ1) is 12.9. The zero-order chi connectivity index (χ0) is 19.4. The number of rotatable bonds is 5. The fourth-order valence-corrected chi connectivity index (χ4v) is 2.60. The number of carbonyl (C=O) groups excluding carboxylic acids is 1. The average molecular weight is 364 g/mol. The molecule has 0 saturated carbocycles. The number of aromatic hydroxyl groups is 2. The molecular formula is C21H20N2O4. The normalized spacial score (nSPS) is 12.6. The lowest BCUT2D eigenvalue weighted by Crippen LogP contribution is -2.33. The Morgan fingerprint density at radius 2 is 1.78 bits per heavy atom. The molecular weight excluding hydrogens is 344 g/mol. The van der Waals surface area contributed by atoms with Crippen LogP contribution in [-0.2, 0) is 4.79 Å². The van der Waals surface area contributed by atoms with Crippen LogP contribution in [0.5, 0.6) is 17.2 Å². The maximum Gasteiger partial charge on any atom is 0.280 e. The molecule has 0 heterocycles. The van der Waals surface area contributed by atoms with Gasteiger partial charge in [-0.05, 0) is 55.0 Å². The Morgan fingerprint density at radius 1 is 1.04 bits per heavy atom. The number of nitrogens with one attached hydrogen (secondary N) is 1. The van der Waals surface area contributed by atoms with Crippen LogP contribution in [0.4, 0.5) is 0 Å². The second kappa shape index (κ2) is 7.78. The van der Waals surface area contributed by atoms with Crippen molar-refractivity contribution in [3.8, 4) is 17.2 Å². The van der Waals surface area contributed by atoms with Crippen molar-refractivity contribution >= 4 is 22.4 Å². The molecule has 0 aliphatic carbocycles. The molecule has 6 nitrogen and oxygen atoms in total. The van der Waals surface area contributed by atoms with E-state index in [9.17, 15) is 15.0 Å². The lowest BCUT2D eigenvalue weighted by molar-refractivity contribution is -0.127. The molecule has 6 heteroatoms. The number of hydrogen-bond donors (Lipinski definition) is 3.